The number of carbonyl (C=O) groups is 1. The van der Waals surface area contributed by atoms with Crippen LogP contribution in [0.2, 0.25) is 0 Å². The number of carboxylic acid groups (broad SMARTS) is 1. The van der Waals surface area contributed by atoms with Gasteiger partial charge in [0, 0.05) is 6.54 Å². The second-order valence-corrected chi connectivity index (χ2v) is 5.94. The Bertz CT molecular complexity index is 286. The first-order chi connectivity index (χ1) is 7.69. The molecule has 0 spiro atoms. The Morgan fingerprint density at radius 2 is 2.12 bits per heavy atom. The molecule has 1 rings (SSSR count). The number of aliphatic carboxylic acids is 1. The second kappa shape index (κ2) is 4.94. The van der Waals surface area contributed by atoms with Crippen LogP contribution in [0, 0.1) is 0 Å². The van der Waals surface area contributed by atoms with Gasteiger partial charge in [0.2, 0.25) is 0 Å². The van der Waals surface area contributed by atoms with E-state index in [1.165, 1.54) is 0 Å². The highest BCUT2D eigenvalue weighted by Gasteiger charge is 2.38. The number of rotatable bonds is 5. The highest BCUT2D eigenvalue weighted by molar-refractivity contribution is 5.77. The van der Waals surface area contributed by atoms with Crippen LogP contribution in [-0.2, 0) is 9.53 Å². The van der Waals surface area contributed by atoms with Gasteiger partial charge < -0.3 is 9.84 Å². The minimum atomic E-state index is -0.829. The highest BCUT2D eigenvalue weighted by atomic mass is 16.5. The van der Waals surface area contributed by atoms with E-state index in [1.807, 2.05) is 11.8 Å². The Morgan fingerprint density at radius 1 is 1.53 bits per heavy atom. The Hall–Kier alpha value is -0.610. The summed E-state index contributed by atoms with van der Waals surface area (Å²) < 4.78 is 5.92. The zero-order valence-electron chi connectivity index (χ0n) is 11.6. The fourth-order valence-corrected chi connectivity index (χ4v) is 2.34. The minimum Gasteiger partial charge on any atom is -0.480 e. The molecular formula is C13H25NO3. The molecule has 1 heterocycles. The summed E-state index contributed by atoms with van der Waals surface area (Å²) in [7, 11) is 0. The molecule has 4 heteroatoms. The maximum atomic E-state index is 11.2. The molecule has 0 radical (unpaired) electrons. The molecule has 0 amide bonds. The van der Waals surface area contributed by atoms with Crippen LogP contribution in [0.1, 0.15) is 47.5 Å². The van der Waals surface area contributed by atoms with Crippen LogP contribution >= 0.6 is 0 Å². The summed E-state index contributed by atoms with van der Waals surface area (Å²) in [5.41, 5.74) is -0.887. The van der Waals surface area contributed by atoms with Gasteiger partial charge in [-0.05, 0) is 47.1 Å². The van der Waals surface area contributed by atoms with Crippen LogP contribution < -0.4 is 0 Å². The lowest BCUT2D eigenvalue weighted by Gasteiger charge is -2.36. The number of hydrogen-bond acceptors (Lipinski definition) is 3. The van der Waals surface area contributed by atoms with Crippen molar-refractivity contribution in [3.63, 3.8) is 0 Å². The monoisotopic (exact) mass is 243 g/mol. The molecular weight excluding hydrogens is 218 g/mol. The molecule has 0 aliphatic carbocycles. The van der Waals surface area contributed by atoms with Gasteiger partial charge in [-0.25, -0.2) is 0 Å². The van der Waals surface area contributed by atoms with E-state index in [9.17, 15) is 9.90 Å². The van der Waals surface area contributed by atoms with E-state index >= 15 is 0 Å². The molecule has 17 heavy (non-hydrogen) atoms. The first-order valence-electron chi connectivity index (χ1n) is 6.35. The van der Waals surface area contributed by atoms with Gasteiger partial charge >= 0.3 is 5.97 Å². The highest BCUT2D eigenvalue weighted by Crippen LogP contribution is 2.30. The first kappa shape index (κ1) is 14.5. The Kier molecular flexibility index (Phi) is 4.20. The van der Waals surface area contributed by atoms with Crippen LogP contribution in [0.5, 0.6) is 0 Å². The van der Waals surface area contributed by atoms with Crippen molar-refractivity contribution in [2.75, 3.05) is 13.1 Å². The van der Waals surface area contributed by atoms with Crippen LogP contribution in [0.3, 0.4) is 0 Å². The van der Waals surface area contributed by atoms with Crippen LogP contribution in [0.4, 0.5) is 0 Å². The predicted octanol–water partition coefficient (Wildman–Crippen LogP) is 2.13. The van der Waals surface area contributed by atoms with E-state index in [0.29, 0.717) is 6.54 Å². The van der Waals surface area contributed by atoms with Crippen molar-refractivity contribution < 1.29 is 14.6 Å². The number of ether oxygens (including phenoxy) is 1. The Balaban J connectivity index is 2.63. The van der Waals surface area contributed by atoms with E-state index < -0.39 is 11.5 Å². The smallest absolute Gasteiger partial charge is 0.323 e. The van der Waals surface area contributed by atoms with Gasteiger partial charge in [-0.15, -0.1) is 0 Å². The fraction of sp³-hybridized carbons (Fsp3) is 0.923. The van der Waals surface area contributed by atoms with Crippen molar-refractivity contribution in [3.8, 4) is 0 Å². The molecule has 0 bridgehead atoms. The standard InChI is InChI=1S/C13H25NO3/c1-6-14(13(4,5)11(15)16)9-10-7-8-12(2,3)17-10/h10H,6-9H2,1-5H3,(H,15,16). The summed E-state index contributed by atoms with van der Waals surface area (Å²) in [5, 5.41) is 9.24. The molecule has 1 unspecified atom stereocenters. The van der Waals surface area contributed by atoms with Gasteiger partial charge in [-0.2, -0.15) is 0 Å². The maximum Gasteiger partial charge on any atom is 0.323 e. The molecule has 0 aromatic rings. The average Bonchev–Trinajstić information content (AvgIpc) is 2.54. The zero-order valence-corrected chi connectivity index (χ0v) is 11.6. The third-order valence-electron chi connectivity index (χ3n) is 3.67. The van der Waals surface area contributed by atoms with Gasteiger partial charge in [0.15, 0.2) is 0 Å². The molecule has 4 nitrogen and oxygen atoms in total. The van der Waals surface area contributed by atoms with E-state index in [1.54, 1.807) is 13.8 Å². The van der Waals surface area contributed by atoms with Crippen LogP contribution in [-0.4, -0.2) is 46.3 Å². The summed E-state index contributed by atoms with van der Waals surface area (Å²) in [4.78, 5) is 13.2. The third-order valence-corrected chi connectivity index (χ3v) is 3.67. The molecule has 1 saturated heterocycles. The third kappa shape index (κ3) is 3.42. The van der Waals surface area contributed by atoms with Crippen molar-refractivity contribution in [1.29, 1.82) is 0 Å². The lowest BCUT2D eigenvalue weighted by Crippen LogP contribution is -2.52. The van der Waals surface area contributed by atoms with E-state index in [4.69, 9.17) is 4.74 Å². The molecule has 1 atom stereocenters. The van der Waals surface area contributed by atoms with Crippen molar-refractivity contribution in [3.05, 3.63) is 0 Å². The van der Waals surface area contributed by atoms with Gasteiger partial charge in [-0.3, -0.25) is 9.69 Å². The molecule has 0 aromatic heterocycles. The summed E-state index contributed by atoms with van der Waals surface area (Å²) in [5.74, 6) is -0.781. The Labute approximate surface area is 104 Å². The molecule has 0 saturated carbocycles. The van der Waals surface area contributed by atoms with Crippen molar-refractivity contribution in [2.24, 2.45) is 0 Å². The normalized spacial score (nSPS) is 24.2. The second-order valence-electron chi connectivity index (χ2n) is 5.94. The molecule has 0 aromatic carbocycles. The largest absolute Gasteiger partial charge is 0.480 e. The van der Waals surface area contributed by atoms with E-state index in [0.717, 1.165) is 19.4 Å². The topological polar surface area (TPSA) is 49.8 Å². The van der Waals surface area contributed by atoms with Crippen LogP contribution in [0.25, 0.3) is 0 Å². The van der Waals surface area contributed by atoms with Gasteiger partial charge in [0.25, 0.3) is 0 Å². The number of hydrogen-bond donors (Lipinski definition) is 1. The minimum absolute atomic E-state index is 0.0581. The maximum absolute atomic E-state index is 11.2. The first-order valence-corrected chi connectivity index (χ1v) is 6.35. The Morgan fingerprint density at radius 3 is 2.47 bits per heavy atom. The van der Waals surface area contributed by atoms with E-state index in [-0.39, 0.29) is 11.7 Å². The van der Waals surface area contributed by atoms with Crippen molar-refractivity contribution >= 4 is 5.97 Å². The fourth-order valence-electron chi connectivity index (χ4n) is 2.34. The van der Waals surface area contributed by atoms with E-state index in [2.05, 4.69) is 13.8 Å². The molecule has 1 aliphatic rings. The SMILES string of the molecule is CCN(CC1CCC(C)(C)O1)C(C)(C)C(=O)O. The molecule has 1 fully saturated rings. The van der Waals surface area contributed by atoms with Crippen molar-refractivity contribution in [1.82, 2.24) is 4.90 Å². The molecule has 1 aliphatic heterocycles. The lowest BCUT2D eigenvalue weighted by atomic mass is 10.0. The number of carboxylic acids is 1. The predicted molar refractivity (Wildman–Crippen MR) is 67.1 cm³/mol. The molecule has 1 N–H and O–H groups in total. The number of nitrogens with zero attached hydrogens (tertiary/aromatic N) is 1. The lowest BCUT2D eigenvalue weighted by molar-refractivity contribution is -0.150. The summed E-state index contributed by atoms with van der Waals surface area (Å²) >= 11 is 0. The summed E-state index contributed by atoms with van der Waals surface area (Å²) in [6.07, 6.45) is 2.21. The van der Waals surface area contributed by atoms with Crippen molar-refractivity contribution in [2.45, 2.75) is 64.7 Å². The number of likely N-dealkylation sites (N-methyl/N-ethyl adjacent to an activating group) is 1. The van der Waals surface area contributed by atoms with Gasteiger partial charge in [0.05, 0.1) is 11.7 Å². The van der Waals surface area contributed by atoms with Gasteiger partial charge in [0.1, 0.15) is 5.54 Å². The zero-order chi connectivity index (χ0) is 13.3. The summed E-state index contributed by atoms with van der Waals surface area (Å²) in [6.45, 7) is 11.1. The average molecular weight is 243 g/mol. The molecule has 100 valence electrons. The van der Waals surface area contributed by atoms with Gasteiger partial charge in [-0.1, -0.05) is 6.92 Å². The van der Waals surface area contributed by atoms with Crippen LogP contribution in [0.15, 0.2) is 0 Å². The quantitative estimate of drug-likeness (QED) is 0.803. The summed E-state index contributed by atoms with van der Waals surface area (Å²) in [6, 6.07) is 0.